The minimum atomic E-state index is -3.00. The van der Waals surface area contributed by atoms with Gasteiger partial charge in [0.05, 0.1) is 23.7 Å². The molecule has 1 aliphatic rings. The van der Waals surface area contributed by atoms with Crippen LogP contribution in [0.4, 0.5) is 0 Å². The van der Waals surface area contributed by atoms with Crippen LogP contribution >= 0.6 is 0 Å². The number of hydrogen-bond donors (Lipinski definition) is 0. The zero-order valence-electron chi connectivity index (χ0n) is 11.7. The Morgan fingerprint density at radius 3 is 2.70 bits per heavy atom. The van der Waals surface area contributed by atoms with E-state index in [2.05, 4.69) is 0 Å². The third-order valence-corrected chi connectivity index (χ3v) is 5.24. The number of amides is 1. The summed E-state index contributed by atoms with van der Waals surface area (Å²) in [5.41, 5.74) is 0.473. The molecular weight excluding hydrogens is 278 g/mol. The van der Waals surface area contributed by atoms with Gasteiger partial charge in [-0.05, 0) is 25.5 Å². The number of para-hydroxylation sites is 1. The summed E-state index contributed by atoms with van der Waals surface area (Å²) in [6.45, 7) is 2.33. The zero-order valence-corrected chi connectivity index (χ0v) is 12.5. The van der Waals surface area contributed by atoms with Crippen LogP contribution < -0.4 is 4.74 Å². The number of rotatable bonds is 4. The van der Waals surface area contributed by atoms with E-state index in [0.717, 1.165) is 0 Å². The highest BCUT2D eigenvalue weighted by Gasteiger charge is 2.33. The Morgan fingerprint density at radius 2 is 2.10 bits per heavy atom. The molecule has 6 heteroatoms. The van der Waals surface area contributed by atoms with E-state index in [9.17, 15) is 13.2 Å². The standard InChI is InChI=1S/C14H19NO4S/c1-3-19-13-7-5-4-6-12(13)14(16)15(2)11-8-9-20(17,18)10-11/h4-7,11H,3,8-10H2,1-2H3/t11-/m1/s1. The third-order valence-electron chi connectivity index (χ3n) is 3.49. The van der Waals surface area contributed by atoms with Crippen LogP contribution in [0.3, 0.4) is 0 Å². The van der Waals surface area contributed by atoms with Crippen LogP contribution in [-0.4, -0.2) is 50.4 Å². The molecule has 110 valence electrons. The molecule has 1 fully saturated rings. The molecule has 1 amide bonds. The molecule has 1 atom stereocenters. The average molecular weight is 297 g/mol. The van der Waals surface area contributed by atoms with E-state index >= 15 is 0 Å². The van der Waals surface area contributed by atoms with Gasteiger partial charge in [-0.2, -0.15) is 0 Å². The Kier molecular flexibility index (Phi) is 4.32. The molecule has 1 heterocycles. The van der Waals surface area contributed by atoms with E-state index in [-0.39, 0.29) is 23.5 Å². The van der Waals surface area contributed by atoms with Gasteiger partial charge in [0.1, 0.15) is 5.75 Å². The molecule has 20 heavy (non-hydrogen) atoms. The van der Waals surface area contributed by atoms with Gasteiger partial charge in [0.2, 0.25) is 0 Å². The predicted octanol–water partition coefficient (Wildman–Crippen LogP) is 1.34. The van der Waals surface area contributed by atoms with Gasteiger partial charge in [0, 0.05) is 13.1 Å². The van der Waals surface area contributed by atoms with Crippen LogP contribution in [0.2, 0.25) is 0 Å². The summed E-state index contributed by atoms with van der Waals surface area (Å²) >= 11 is 0. The van der Waals surface area contributed by atoms with Crippen LogP contribution in [0.15, 0.2) is 24.3 Å². The number of hydrogen-bond acceptors (Lipinski definition) is 4. The first-order chi connectivity index (χ1) is 9.44. The number of benzene rings is 1. The summed E-state index contributed by atoms with van der Waals surface area (Å²) in [5.74, 6) is 0.540. The molecule has 0 spiro atoms. The first-order valence-electron chi connectivity index (χ1n) is 6.64. The van der Waals surface area contributed by atoms with Crippen molar-refractivity contribution in [2.45, 2.75) is 19.4 Å². The van der Waals surface area contributed by atoms with E-state index in [0.29, 0.717) is 24.3 Å². The maximum Gasteiger partial charge on any atom is 0.257 e. The third kappa shape index (κ3) is 3.12. The van der Waals surface area contributed by atoms with Crippen molar-refractivity contribution in [3.8, 4) is 5.75 Å². The second kappa shape index (κ2) is 5.83. The minimum absolute atomic E-state index is 0.0477. The molecule has 1 aliphatic heterocycles. The largest absolute Gasteiger partial charge is 0.493 e. The Hall–Kier alpha value is -1.56. The predicted molar refractivity (Wildman–Crippen MR) is 76.8 cm³/mol. The van der Waals surface area contributed by atoms with Crippen molar-refractivity contribution in [1.82, 2.24) is 4.90 Å². The first-order valence-corrected chi connectivity index (χ1v) is 8.46. The van der Waals surface area contributed by atoms with Crippen LogP contribution in [-0.2, 0) is 9.84 Å². The molecule has 0 unspecified atom stereocenters. The topological polar surface area (TPSA) is 63.7 Å². The molecule has 5 nitrogen and oxygen atoms in total. The van der Waals surface area contributed by atoms with Gasteiger partial charge in [-0.1, -0.05) is 12.1 Å². The van der Waals surface area contributed by atoms with E-state index in [4.69, 9.17) is 4.74 Å². The fourth-order valence-electron chi connectivity index (χ4n) is 2.36. The SMILES string of the molecule is CCOc1ccccc1C(=O)N(C)[C@@H]1CCS(=O)(=O)C1. The molecule has 0 N–H and O–H groups in total. The van der Waals surface area contributed by atoms with Crippen molar-refractivity contribution >= 4 is 15.7 Å². The number of sulfone groups is 1. The van der Waals surface area contributed by atoms with Crippen LogP contribution in [0.25, 0.3) is 0 Å². The van der Waals surface area contributed by atoms with Crippen molar-refractivity contribution < 1.29 is 17.9 Å². The zero-order chi connectivity index (χ0) is 14.8. The maximum atomic E-state index is 12.5. The van der Waals surface area contributed by atoms with E-state index in [1.54, 1.807) is 25.2 Å². The van der Waals surface area contributed by atoms with E-state index in [1.165, 1.54) is 4.90 Å². The molecular formula is C14H19NO4S. The fraction of sp³-hybridized carbons (Fsp3) is 0.500. The number of ether oxygens (including phenoxy) is 1. The van der Waals surface area contributed by atoms with Crippen LogP contribution in [0.1, 0.15) is 23.7 Å². The Labute approximate surface area is 119 Å². The normalized spacial score (nSPS) is 20.6. The molecule has 0 aliphatic carbocycles. The summed E-state index contributed by atoms with van der Waals surface area (Å²) in [6, 6.07) is 6.78. The lowest BCUT2D eigenvalue weighted by Crippen LogP contribution is -2.38. The molecule has 2 rings (SSSR count). The van der Waals surface area contributed by atoms with Gasteiger partial charge in [-0.15, -0.1) is 0 Å². The number of carbonyl (C=O) groups excluding carboxylic acids is 1. The number of carbonyl (C=O) groups is 1. The highest BCUT2D eigenvalue weighted by molar-refractivity contribution is 7.91. The van der Waals surface area contributed by atoms with Crippen molar-refractivity contribution in [3.63, 3.8) is 0 Å². The molecule has 0 saturated carbocycles. The molecule has 1 saturated heterocycles. The highest BCUT2D eigenvalue weighted by atomic mass is 32.2. The van der Waals surface area contributed by atoms with Gasteiger partial charge in [-0.3, -0.25) is 4.79 Å². The fourth-order valence-corrected chi connectivity index (χ4v) is 4.14. The molecule has 0 bridgehead atoms. The number of nitrogens with zero attached hydrogens (tertiary/aromatic N) is 1. The van der Waals surface area contributed by atoms with Crippen LogP contribution in [0.5, 0.6) is 5.75 Å². The van der Waals surface area contributed by atoms with Crippen molar-refractivity contribution in [3.05, 3.63) is 29.8 Å². The second-order valence-electron chi connectivity index (χ2n) is 4.90. The summed E-state index contributed by atoms with van der Waals surface area (Å²) in [6.07, 6.45) is 0.501. The smallest absolute Gasteiger partial charge is 0.257 e. The first kappa shape index (κ1) is 14.8. The summed E-state index contributed by atoms with van der Waals surface area (Å²) in [4.78, 5) is 14.0. The van der Waals surface area contributed by atoms with E-state index in [1.807, 2.05) is 13.0 Å². The molecule has 0 radical (unpaired) electrons. The Morgan fingerprint density at radius 1 is 1.40 bits per heavy atom. The summed E-state index contributed by atoms with van der Waals surface area (Å²) < 4.78 is 28.5. The van der Waals surface area contributed by atoms with Crippen molar-refractivity contribution in [1.29, 1.82) is 0 Å². The molecule has 1 aromatic rings. The Bertz CT molecular complexity index is 597. The summed E-state index contributed by atoms with van der Waals surface area (Å²) in [7, 11) is -1.35. The van der Waals surface area contributed by atoms with Gasteiger partial charge in [0.25, 0.3) is 5.91 Å². The highest BCUT2D eigenvalue weighted by Crippen LogP contribution is 2.23. The summed E-state index contributed by atoms with van der Waals surface area (Å²) in [5, 5.41) is 0. The van der Waals surface area contributed by atoms with E-state index < -0.39 is 9.84 Å². The average Bonchev–Trinajstić information content (AvgIpc) is 2.78. The van der Waals surface area contributed by atoms with Crippen molar-refractivity contribution in [2.75, 3.05) is 25.2 Å². The molecule has 1 aromatic carbocycles. The lowest BCUT2D eigenvalue weighted by atomic mass is 10.1. The van der Waals surface area contributed by atoms with Crippen molar-refractivity contribution in [2.24, 2.45) is 0 Å². The maximum absolute atomic E-state index is 12.5. The Balaban J connectivity index is 2.19. The van der Waals surface area contributed by atoms with Gasteiger partial charge < -0.3 is 9.64 Å². The second-order valence-corrected chi connectivity index (χ2v) is 7.13. The van der Waals surface area contributed by atoms with Gasteiger partial charge in [0.15, 0.2) is 9.84 Å². The quantitative estimate of drug-likeness (QED) is 0.841. The molecule has 0 aromatic heterocycles. The van der Waals surface area contributed by atoms with Gasteiger partial charge >= 0.3 is 0 Å². The monoisotopic (exact) mass is 297 g/mol. The lowest BCUT2D eigenvalue weighted by Gasteiger charge is -2.24. The minimum Gasteiger partial charge on any atom is -0.493 e. The lowest BCUT2D eigenvalue weighted by molar-refractivity contribution is 0.0743. The van der Waals surface area contributed by atoms with Gasteiger partial charge in [-0.25, -0.2) is 8.42 Å². The van der Waals surface area contributed by atoms with Crippen LogP contribution in [0, 0.1) is 0 Å².